The molecule has 2 rings (SSSR count). The molecule has 1 atom stereocenters. The first kappa shape index (κ1) is 15.2. The monoisotopic (exact) mass is 304 g/mol. The van der Waals surface area contributed by atoms with Crippen LogP contribution in [-0.2, 0) is 0 Å². The van der Waals surface area contributed by atoms with E-state index in [4.69, 9.17) is 0 Å². The van der Waals surface area contributed by atoms with Crippen molar-refractivity contribution in [2.45, 2.75) is 26.3 Å². The number of amides is 1. The summed E-state index contributed by atoms with van der Waals surface area (Å²) in [5.41, 5.74) is 0.673. The zero-order valence-electron chi connectivity index (χ0n) is 11.8. The molecular weight excluding hydrogens is 288 g/mol. The minimum Gasteiger partial charge on any atom is -0.349 e. The Morgan fingerprint density at radius 2 is 2.10 bits per heavy atom. The highest BCUT2D eigenvalue weighted by Crippen LogP contribution is 2.12. The first-order chi connectivity index (χ1) is 9.97. The molecule has 0 aromatic carbocycles. The van der Waals surface area contributed by atoms with Gasteiger partial charge in [-0.2, -0.15) is 0 Å². The Morgan fingerprint density at radius 3 is 2.71 bits per heavy atom. The van der Waals surface area contributed by atoms with Crippen molar-refractivity contribution < 1.29 is 9.59 Å². The summed E-state index contributed by atoms with van der Waals surface area (Å²) in [7, 11) is 0. The molecule has 0 fully saturated rings. The van der Waals surface area contributed by atoms with E-state index >= 15 is 0 Å². The number of hydrogen-bond acceptors (Lipinski definition) is 4. The van der Waals surface area contributed by atoms with E-state index in [-0.39, 0.29) is 29.7 Å². The predicted molar refractivity (Wildman–Crippen MR) is 82.0 cm³/mol. The van der Waals surface area contributed by atoms with Crippen molar-refractivity contribution in [1.82, 2.24) is 10.3 Å². The number of carbonyl (C=O) groups is 2. The highest BCUT2D eigenvalue weighted by molar-refractivity contribution is 7.12. The Hall–Kier alpha value is -2.21. The van der Waals surface area contributed by atoms with E-state index in [0.717, 1.165) is 0 Å². The lowest BCUT2D eigenvalue weighted by atomic mass is 10.1. The minimum absolute atomic E-state index is 0.0102. The van der Waals surface area contributed by atoms with Gasteiger partial charge in [0.15, 0.2) is 5.78 Å². The molecule has 0 aliphatic rings. The number of ketones is 1. The molecule has 2 aromatic rings. The maximum absolute atomic E-state index is 12.1. The van der Waals surface area contributed by atoms with Crippen LogP contribution in [0.5, 0.6) is 0 Å². The summed E-state index contributed by atoms with van der Waals surface area (Å²) in [6.07, 6.45) is 0.245. The van der Waals surface area contributed by atoms with Crippen LogP contribution in [0.15, 0.2) is 34.4 Å². The molecule has 0 spiro atoms. The van der Waals surface area contributed by atoms with Crippen LogP contribution in [0.25, 0.3) is 0 Å². The Labute approximate surface area is 126 Å². The third-order valence-electron chi connectivity index (χ3n) is 3.03. The van der Waals surface area contributed by atoms with Gasteiger partial charge in [-0.25, -0.2) is 0 Å². The highest BCUT2D eigenvalue weighted by atomic mass is 32.1. The molecule has 0 aliphatic carbocycles. The van der Waals surface area contributed by atoms with Gasteiger partial charge in [-0.3, -0.25) is 14.4 Å². The number of carbonyl (C=O) groups excluding carboxylic acids is 2. The van der Waals surface area contributed by atoms with Crippen molar-refractivity contribution in [2.75, 3.05) is 0 Å². The summed E-state index contributed by atoms with van der Waals surface area (Å²) >= 11 is 1.39. The molecular formula is C15H16N2O3S. The number of rotatable bonds is 5. The summed E-state index contributed by atoms with van der Waals surface area (Å²) in [6, 6.07) is 6.11. The highest BCUT2D eigenvalue weighted by Gasteiger charge is 2.16. The summed E-state index contributed by atoms with van der Waals surface area (Å²) in [5, 5.41) is 4.62. The van der Waals surface area contributed by atoms with E-state index in [9.17, 15) is 14.4 Å². The van der Waals surface area contributed by atoms with E-state index in [1.54, 1.807) is 19.9 Å². The lowest BCUT2D eigenvalue weighted by Crippen LogP contribution is -2.35. The fourth-order valence-corrected chi connectivity index (χ4v) is 2.67. The molecule has 110 valence electrons. The Bertz CT molecular complexity index is 704. The van der Waals surface area contributed by atoms with Gasteiger partial charge in [-0.05, 0) is 31.4 Å². The van der Waals surface area contributed by atoms with E-state index in [2.05, 4.69) is 10.3 Å². The molecule has 0 aliphatic heterocycles. The fraction of sp³-hybridized carbons (Fsp3) is 0.267. The second-order valence-electron chi connectivity index (χ2n) is 4.84. The van der Waals surface area contributed by atoms with Crippen LogP contribution in [0.1, 0.15) is 39.1 Å². The van der Waals surface area contributed by atoms with Crippen LogP contribution < -0.4 is 10.9 Å². The number of Topliss-reactive ketones (excluding diaryl/α,β-unsaturated/α-hetero) is 1. The van der Waals surface area contributed by atoms with Gasteiger partial charge in [0.2, 0.25) is 5.56 Å². The average molecular weight is 304 g/mol. The summed E-state index contributed by atoms with van der Waals surface area (Å²) in [6.45, 7) is 3.45. The smallest absolute Gasteiger partial charge is 0.253 e. The zero-order chi connectivity index (χ0) is 15.4. The van der Waals surface area contributed by atoms with Crippen LogP contribution >= 0.6 is 11.3 Å². The van der Waals surface area contributed by atoms with E-state index in [1.165, 1.54) is 23.5 Å². The van der Waals surface area contributed by atoms with Gasteiger partial charge in [0, 0.05) is 24.2 Å². The number of nitrogens with one attached hydrogen (secondary N) is 2. The molecule has 2 N–H and O–H groups in total. The maximum Gasteiger partial charge on any atom is 0.253 e. The van der Waals surface area contributed by atoms with E-state index < -0.39 is 0 Å². The third-order valence-corrected chi connectivity index (χ3v) is 3.94. The molecule has 5 nitrogen and oxygen atoms in total. The van der Waals surface area contributed by atoms with Crippen molar-refractivity contribution >= 4 is 23.0 Å². The zero-order valence-corrected chi connectivity index (χ0v) is 12.6. The normalized spacial score (nSPS) is 11.9. The van der Waals surface area contributed by atoms with Crippen molar-refractivity contribution in [3.63, 3.8) is 0 Å². The Kier molecular flexibility index (Phi) is 4.70. The van der Waals surface area contributed by atoms with Gasteiger partial charge in [-0.1, -0.05) is 6.07 Å². The number of thiophene rings is 1. The molecule has 21 heavy (non-hydrogen) atoms. The number of hydrogen-bond donors (Lipinski definition) is 2. The Balaban J connectivity index is 1.99. The fourth-order valence-electron chi connectivity index (χ4n) is 1.99. The van der Waals surface area contributed by atoms with Gasteiger partial charge in [0.05, 0.1) is 10.4 Å². The first-order valence-corrected chi connectivity index (χ1v) is 7.43. The number of aromatic nitrogens is 1. The van der Waals surface area contributed by atoms with Crippen LogP contribution in [0, 0.1) is 6.92 Å². The van der Waals surface area contributed by atoms with Gasteiger partial charge >= 0.3 is 0 Å². The summed E-state index contributed by atoms with van der Waals surface area (Å²) in [4.78, 5) is 38.5. The van der Waals surface area contributed by atoms with Crippen LogP contribution in [0.3, 0.4) is 0 Å². The standard InChI is InChI=1S/C15H16N2O3S/c1-9(8-12(18)13-4-3-7-21-13)16-15(20)11-5-6-14(19)17-10(11)2/h3-7,9H,8H2,1-2H3,(H,16,20)(H,17,19)/t9-/m1/s1. The average Bonchev–Trinajstić information content (AvgIpc) is 2.91. The van der Waals surface area contributed by atoms with Crippen LogP contribution in [0.4, 0.5) is 0 Å². The first-order valence-electron chi connectivity index (χ1n) is 6.55. The quantitative estimate of drug-likeness (QED) is 0.831. The summed E-state index contributed by atoms with van der Waals surface area (Å²) in [5.74, 6) is -0.286. The second-order valence-corrected chi connectivity index (χ2v) is 5.79. The van der Waals surface area contributed by atoms with Gasteiger partial charge in [0.25, 0.3) is 5.91 Å². The van der Waals surface area contributed by atoms with Crippen LogP contribution in [0.2, 0.25) is 0 Å². The lowest BCUT2D eigenvalue weighted by Gasteiger charge is -2.13. The molecule has 0 saturated heterocycles. The lowest BCUT2D eigenvalue weighted by molar-refractivity contribution is 0.0918. The second kappa shape index (κ2) is 6.49. The van der Waals surface area contributed by atoms with Crippen molar-refractivity contribution in [2.24, 2.45) is 0 Å². The maximum atomic E-state index is 12.1. The van der Waals surface area contributed by atoms with E-state index in [0.29, 0.717) is 16.1 Å². The van der Waals surface area contributed by atoms with Crippen molar-refractivity contribution in [3.05, 3.63) is 56.1 Å². The SMILES string of the molecule is Cc1[nH]c(=O)ccc1C(=O)N[C@H](C)CC(=O)c1cccs1. The van der Waals surface area contributed by atoms with Gasteiger partial charge in [-0.15, -0.1) is 11.3 Å². The molecule has 6 heteroatoms. The van der Waals surface area contributed by atoms with Crippen molar-refractivity contribution in [3.8, 4) is 0 Å². The third kappa shape index (κ3) is 3.88. The molecule has 0 unspecified atom stereocenters. The molecule has 2 aromatic heterocycles. The number of pyridine rings is 1. The van der Waals surface area contributed by atoms with E-state index in [1.807, 2.05) is 11.4 Å². The largest absolute Gasteiger partial charge is 0.349 e. The Morgan fingerprint density at radius 1 is 1.33 bits per heavy atom. The molecule has 0 radical (unpaired) electrons. The molecule has 0 saturated carbocycles. The van der Waals surface area contributed by atoms with Crippen molar-refractivity contribution in [1.29, 1.82) is 0 Å². The molecule has 1 amide bonds. The predicted octanol–water partition coefficient (Wildman–Crippen LogP) is 2.14. The van der Waals surface area contributed by atoms with Crippen LogP contribution in [-0.4, -0.2) is 22.7 Å². The molecule has 0 bridgehead atoms. The summed E-state index contributed by atoms with van der Waals surface area (Å²) < 4.78 is 0. The minimum atomic E-state index is -0.296. The topological polar surface area (TPSA) is 79.0 Å². The number of H-pyrrole nitrogens is 1. The number of aryl methyl sites for hydroxylation is 1. The molecule has 2 heterocycles. The van der Waals surface area contributed by atoms with Gasteiger partial charge < -0.3 is 10.3 Å². The van der Waals surface area contributed by atoms with Gasteiger partial charge in [0.1, 0.15) is 0 Å². The number of aromatic amines is 1.